The predicted octanol–water partition coefficient (Wildman–Crippen LogP) is 5.19. The van der Waals surface area contributed by atoms with Gasteiger partial charge in [0.25, 0.3) is 0 Å². The van der Waals surface area contributed by atoms with Gasteiger partial charge in [0.15, 0.2) is 18.7 Å². The first-order valence-electron chi connectivity index (χ1n) is 10.1. The summed E-state index contributed by atoms with van der Waals surface area (Å²) in [6.07, 6.45) is 16.3. The molecule has 1 fully saturated rings. The Labute approximate surface area is 148 Å². The van der Waals surface area contributed by atoms with Crippen molar-refractivity contribution in [1.82, 2.24) is 0 Å². The molecule has 136 valence electrons. The van der Waals surface area contributed by atoms with Crippen molar-refractivity contribution >= 4 is 0 Å². The fourth-order valence-electron chi connectivity index (χ4n) is 3.31. The second-order valence-corrected chi connectivity index (χ2v) is 7.09. The standard InChI is InChI=1S/C21H36NO2/c1-3-5-6-7-8-9-10-11-12-19-17-23-21(24-18-19)20-13-15-22(4-2)16-14-20/h13-16,19,21H,3-12,17-18H2,1-2H3/q+1. The molecule has 1 aromatic rings. The van der Waals surface area contributed by atoms with Gasteiger partial charge in [-0.3, -0.25) is 0 Å². The summed E-state index contributed by atoms with van der Waals surface area (Å²) in [5.74, 6) is 0.575. The van der Waals surface area contributed by atoms with Crippen molar-refractivity contribution in [3.8, 4) is 0 Å². The van der Waals surface area contributed by atoms with E-state index < -0.39 is 0 Å². The van der Waals surface area contributed by atoms with Gasteiger partial charge in [-0.15, -0.1) is 0 Å². The van der Waals surface area contributed by atoms with Gasteiger partial charge in [0.05, 0.1) is 13.2 Å². The Morgan fingerprint density at radius 2 is 1.46 bits per heavy atom. The molecule has 2 heterocycles. The Kier molecular flexibility index (Phi) is 9.37. The average molecular weight is 335 g/mol. The van der Waals surface area contributed by atoms with Crippen LogP contribution in [0, 0.1) is 5.92 Å². The monoisotopic (exact) mass is 334 g/mol. The van der Waals surface area contributed by atoms with Gasteiger partial charge in [-0.05, 0) is 13.3 Å². The van der Waals surface area contributed by atoms with Gasteiger partial charge >= 0.3 is 0 Å². The number of pyridine rings is 1. The van der Waals surface area contributed by atoms with E-state index in [-0.39, 0.29) is 6.29 Å². The van der Waals surface area contributed by atoms with Crippen LogP contribution < -0.4 is 4.57 Å². The van der Waals surface area contributed by atoms with Gasteiger partial charge in [0.1, 0.15) is 6.54 Å². The highest BCUT2D eigenvalue weighted by Gasteiger charge is 2.23. The number of nitrogens with zero attached hydrogens (tertiary/aromatic N) is 1. The van der Waals surface area contributed by atoms with Crippen molar-refractivity contribution in [2.24, 2.45) is 5.92 Å². The summed E-state index contributed by atoms with van der Waals surface area (Å²) < 4.78 is 14.0. The number of hydrogen-bond acceptors (Lipinski definition) is 2. The van der Waals surface area contributed by atoms with Gasteiger partial charge < -0.3 is 9.47 Å². The van der Waals surface area contributed by atoms with E-state index in [0.717, 1.165) is 25.3 Å². The topological polar surface area (TPSA) is 22.3 Å². The maximum atomic E-state index is 5.94. The maximum Gasteiger partial charge on any atom is 0.184 e. The highest BCUT2D eigenvalue weighted by molar-refractivity contribution is 5.09. The summed E-state index contributed by atoms with van der Waals surface area (Å²) in [6.45, 7) is 7.09. The summed E-state index contributed by atoms with van der Waals surface area (Å²) in [7, 11) is 0. The van der Waals surface area contributed by atoms with Crippen LogP contribution in [-0.2, 0) is 16.0 Å². The number of ether oxygens (including phenoxy) is 2. The molecule has 24 heavy (non-hydrogen) atoms. The van der Waals surface area contributed by atoms with E-state index in [0.29, 0.717) is 5.92 Å². The number of rotatable bonds is 11. The zero-order valence-corrected chi connectivity index (χ0v) is 15.7. The van der Waals surface area contributed by atoms with E-state index >= 15 is 0 Å². The summed E-state index contributed by atoms with van der Waals surface area (Å²) in [6, 6.07) is 4.21. The zero-order valence-electron chi connectivity index (χ0n) is 15.7. The van der Waals surface area contributed by atoms with Gasteiger partial charge in [-0.25, -0.2) is 4.57 Å². The molecule has 0 unspecified atom stereocenters. The fourth-order valence-corrected chi connectivity index (χ4v) is 3.31. The van der Waals surface area contributed by atoms with E-state index in [2.05, 4.69) is 42.9 Å². The van der Waals surface area contributed by atoms with Gasteiger partial charge in [-0.2, -0.15) is 0 Å². The Hall–Kier alpha value is -0.930. The molecule has 2 rings (SSSR count). The minimum absolute atomic E-state index is 0.175. The molecule has 3 heteroatoms. The van der Waals surface area contributed by atoms with Crippen LogP contribution in [0.15, 0.2) is 24.5 Å². The highest BCUT2D eigenvalue weighted by Crippen LogP contribution is 2.26. The van der Waals surface area contributed by atoms with Crippen molar-refractivity contribution in [1.29, 1.82) is 0 Å². The minimum atomic E-state index is -0.175. The number of aromatic nitrogens is 1. The van der Waals surface area contributed by atoms with E-state index in [1.807, 2.05) is 0 Å². The van der Waals surface area contributed by atoms with Crippen molar-refractivity contribution in [3.05, 3.63) is 30.1 Å². The number of aryl methyl sites for hydroxylation is 1. The first-order valence-corrected chi connectivity index (χ1v) is 10.1. The van der Waals surface area contributed by atoms with E-state index in [9.17, 15) is 0 Å². The SMILES string of the molecule is CCCCCCCCCCC1COC(c2cc[n+](CC)cc2)OC1. The molecule has 1 saturated heterocycles. The van der Waals surface area contributed by atoms with Crippen molar-refractivity contribution in [2.75, 3.05) is 13.2 Å². The first-order chi connectivity index (χ1) is 11.8. The molecule has 1 aromatic heterocycles. The lowest BCUT2D eigenvalue weighted by molar-refractivity contribution is -0.693. The minimum Gasteiger partial charge on any atom is -0.348 e. The summed E-state index contributed by atoms with van der Waals surface area (Å²) in [5.41, 5.74) is 1.13. The largest absolute Gasteiger partial charge is 0.348 e. The van der Waals surface area contributed by atoms with Crippen LogP contribution in [0.1, 0.15) is 83.5 Å². The molecule has 1 aliphatic rings. The Balaban J connectivity index is 1.54. The third-order valence-electron chi connectivity index (χ3n) is 4.99. The molecule has 0 N–H and O–H groups in total. The molecule has 0 aliphatic carbocycles. The van der Waals surface area contributed by atoms with Gasteiger partial charge in [-0.1, -0.05) is 58.3 Å². The van der Waals surface area contributed by atoms with Gasteiger partial charge in [0.2, 0.25) is 0 Å². The van der Waals surface area contributed by atoms with E-state index in [4.69, 9.17) is 9.47 Å². The van der Waals surface area contributed by atoms with Crippen molar-refractivity contribution < 1.29 is 14.0 Å². The summed E-state index contributed by atoms with van der Waals surface area (Å²) in [4.78, 5) is 0. The molecule has 0 bridgehead atoms. The van der Waals surface area contributed by atoms with Crippen molar-refractivity contribution in [2.45, 2.75) is 84.5 Å². The Morgan fingerprint density at radius 3 is 2.04 bits per heavy atom. The third-order valence-corrected chi connectivity index (χ3v) is 4.99. The molecule has 1 aliphatic heterocycles. The Morgan fingerprint density at radius 1 is 0.875 bits per heavy atom. The smallest absolute Gasteiger partial charge is 0.184 e. The quantitative estimate of drug-likeness (QED) is 0.410. The first kappa shape index (κ1) is 19.4. The van der Waals surface area contributed by atoms with Crippen LogP contribution in [0.5, 0.6) is 0 Å². The van der Waals surface area contributed by atoms with Crippen LogP contribution in [0.2, 0.25) is 0 Å². The van der Waals surface area contributed by atoms with Crippen LogP contribution in [0.3, 0.4) is 0 Å². The molecule has 0 saturated carbocycles. The third kappa shape index (κ3) is 6.90. The second-order valence-electron chi connectivity index (χ2n) is 7.09. The lowest BCUT2D eigenvalue weighted by Crippen LogP contribution is -2.32. The van der Waals surface area contributed by atoms with Crippen LogP contribution in [0.4, 0.5) is 0 Å². The molecule has 0 radical (unpaired) electrons. The second kappa shape index (κ2) is 11.6. The van der Waals surface area contributed by atoms with E-state index in [1.165, 1.54) is 57.8 Å². The average Bonchev–Trinajstić information content (AvgIpc) is 2.64. The number of hydrogen-bond donors (Lipinski definition) is 0. The molecular formula is C21H36NO2+. The van der Waals surface area contributed by atoms with Crippen LogP contribution in [-0.4, -0.2) is 13.2 Å². The lowest BCUT2D eigenvalue weighted by atomic mass is 10.0. The number of unbranched alkanes of at least 4 members (excludes halogenated alkanes) is 7. The van der Waals surface area contributed by atoms with Crippen LogP contribution >= 0.6 is 0 Å². The lowest BCUT2D eigenvalue weighted by Gasteiger charge is -2.29. The molecule has 3 nitrogen and oxygen atoms in total. The van der Waals surface area contributed by atoms with Crippen molar-refractivity contribution in [3.63, 3.8) is 0 Å². The molecular weight excluding hydrogens is 298 g/mol. The summed E-state index contributed by atoms with van der Waals surface area (Å²) in [5, 5.41) is 0. The van der Waals surface area contributed by atoms with E-state index in [1.54, 1.807) is 0 Å². The fraction of sp³-hybridized carbons (Fsp3) is 0.762. The molecule has 0 amide bonds. The molecule has 0 aromatic carbocycles. The summed E-state index contributed by atoms with van der Waals surface area (Å²) >= 11 is 0. The van der Waals surface area contributed by atoms with Crippen LogP contribution in [0.25, 0.3) is 0 Å². The highest BCUT2D eigenvalue weighted by atomic mass is 16.7. The zero-order chi connectivity index (χ0) is 17.0. The maximum absolute atomic E-state index is 5.94. The Bertz CT molecular complexity index is 424. The molecule has 0 atom stereocenters. The molecule has 0 spiro atoms. The van der Waals surface area contributed by atoms with Gasteiger partial charge in [0, 0.05) is 23.6 Å². The predicted molar refractivity (Wildman–Crippen MR) is 97.7 cm³/mol. The normalized spacial score (nSPS) is 21.1.